The number of benzene rings is 1. The van der Waals surface area contributed by atoms with Crippen LogP contribution in [0.4, 0.5) is 16.2 Å². The highest BCUT2D eigenvalue weighted by Gasteiger charge is 2.21. The quantitative estimate of drug-likeness (QED) is 0.801. The predicted molar refractivity (Wildman–Crippen MR) is 108 cm³/mol. The summed E-state index contributed by atoms with van der Waals surface area (Å²) >= 11 is 12.5. The zero-order valence-corrected chi connectivity index (χ0v) is 16.4. The maximum Gasteiger partial charge on any atom is 0.321 e. The van der Waals surface area contributed by atoms with Gasteiger partial charge in [-0.25, -0.2) is 4.79 Å². The van der Waals surface area contributed by atoms with E-state index in [2.05, 4.69) is 15.2 Å². The Labute approximate surface area is 163 Å². The Hall–Kier alpha value is -1.98. The molecule has 26 heavy (non-hydrogen) atoms. The second-order valence-corrected chi connectivity index (χ2v) is 7.32. The van der Waals surface area contributed by atoms with E-state index in [1.165, 1.54) is 0 Å². The van der Waals surface area contributed by atoms with Crippen molar-refractivity contribution in [3.63, 3.8) is 0 Å². The molecule has 1 aromatic carbocycles. The van der Waals surface area contributed by atoms with E-state index in [9.17, 15) is 4.79 Å². The van der Waals surface area contributed by atoms with Crippen molar-refractivity contribution in [2.24, 2.45) is 0 Å². The molecule has 0 unspecified atom stereocenters. The zero-order chi connectivity index (χ0) is 18.7. The number of pyridine rings is 1. The van der Waals surface area contributed by atoms with Gasteiger partial charge in [0, 0.05) is 49.3 Å². The maximum atomic E-state index is 12.6. The van der Waals surface area contributed by atoms with Gasteiger partial charge in [0.1, 0.15) is 0 Å². The Kier molecular flexibility index (Phi) is 5.89. The van der Waals surface area contributed by atoms with Gasteiger partial charge in [-0.3, -0.25) is 4.98 Å². The standard InChI is InChI=1S/C19H22Cl2N4O/c1-13-4-5-15(10-16(13)20)23-19(26)25-7-3-6-24(8-9-25)18-14(2)11-22-12-17(18)21/h4-5,10-12H,3,6-9H2,1-2H3,(H,23,26). The average molecular weight is 393 g/mol. The minimum Gasteiger partial charge on any atom is -0.368 e. The summed E-state index contributed by atoms with van der Waals surface area (Å²) in [6, 6.07) is 5.43. The molecule has 1 fully saturated rings. The molecule has 1 saturated heterocycles. The Morgan fingerprint density at radius 1 is 1.04 bits per heavy atom. The highest BCUT2D eigenvalue weighted by atomic mass is 35.5. The number of carbonyl (C=O) groups excluding carboxylic acids is 1. The molecule has 0 saturated carbocycles. The van der Waals surface area contributed by atoms with E-state index in [1.807, 2.05) is 37.1 Å². The summed E-state index contributed by atoms with van der Waals surface area (Å²) in [4.78, 5) is 20.8. The van der Waals surface area contributed by atoms with Gasteiger partial charge in [0.2, 0.25) is 0 Å². The summed E-state index contributed by atoms with van der Waals surface area (Å²) in [7, 11) is 0. The van der Waals surface area contributed by atoms with E-state index in [0.29, 0.717) is 28.8 Å². The molecule has 5 nitrogen and oxygen atoms in total. The molecule has 0 atom stereocenters. The molecule has 2 aromatic rings. The smallest absolute Gasteiger partial charge is 0.321 e. The fourth-order valence-electron chi connectivity index (χ4n) is 3.14. The Balaban J connectivity index is 1.66. The van der Waals surface area contributed by atoms with Crippen LogP contribution in [0.5, 0.6) is 0 Å². The first-order chi connectivity index (χ1) is 12.5. The number of anilines is 2. The van der Waals surface area contributed by atoms with Gasteiger partial charge >= 0.3 is 6.03 Å². The largest absolute Gasteiger partial charge is 0.368 e. The monoisotopic (exact) mass is 392 g/mol. The van der Waals surface area contributed by atoms with Crippen molar-refractivity contribution < 1.29 is 4.79 Å². The summed E-state index contributed by atoms with van der Waals surface area (Å²) in [6.07, 6.45) is 4.36. The van der Waals surface area contributed by atoms with E-state index in [1.54, 1.807) is 12.3 Å². The van der Waals surface area contributed by atoms with Crippen LogP contribution in [-0.2, 0) is 0 Å². The molecule has 0 bridgehead atoms. The first-order valence-electron chi connectivity index (χ1n) is 8.63. The van der Waals surface area contributed by atoms with Crippen LogP contribution in [0.25, 0.3) is 0 Å². The third-order valence-electron chi connectivity index (χ3n) is 4.58. The number of amides is 2. The molecule has 2 heterocycles. The topological polar surface area (TPSA) is 48.5 Å². The van der Waals surface area contributed by atoms with Gasteiger partial charge in [-0.15, -0.1) is 0 Å². The van der Waals surface area contributed by atoms with E-state index in [4.69, 9.17) is 23.2 Å². The molecule has 1 N–H and O–H groups in total. The number of nitrogens with one attached hydrogen (secondary N) is 1. The summed E-state index contributed by atoms with van der Waals surface area (Å²) in [5, 5.41) is 4.23. The molecule has 0 radical (unpaired) electrons. The summed E-state index contributed by atoms with van der Waals surface area (Å²) < 4.78 is 0. The molecular weight excluding hydrogens is 371 g/mol. The van der Waals surface area contributed by atoms with Crippen molar-refractivity contribution in [3.05, 3.63) is 51.8 Å². The normalized spacial score (nSPS) is 14.9. The van der Waals surface area contributed by atoms with E-state index in [-0.39, 0.29) is 6.03 Å². The lowest BCUT2D eigenvalue weighted by Crippen LogP contribution is -2.38. The van der Waals surface area contributed by atoms with Crippen LogP contribution < -0.4 is 10.2 Å². The van der Waals surface area contributed by atoms with Gasteiger partial charge in [-0.2, -0.15) is 0 Å². The first kappa shape index (κ1) is 18.8. The molecule has 0 spiro atoms. The molecule has 1 aliphatic heterocycles. The van der Waals surface area contributed by atoms with Crippen LogP contribution in [-0.4, -0.2) is 42.1 Å². The number of aromatic nitrogens is 1. The summed E-state index contributed by atoms with van der Waals surface area (Å²) in [5.74, 6) is 0. The number of hydrogen-bond acceptors (Lipinski definition) is 3. The lowest BCUT2D eigenvalue weighted by atomic mass is 10.2. The molecule has 2 amide bonds. The minimum absolute atomic E-state index is 0.107. The second kappa shape index (κ2) is 8.14. The van der Waals surface area contributed by atoms with Crippen LogP contribution in [0, 0.1) is 13.8 Å². The van der Waals surface area contributed by atoms with Crippen LogP contribution in [0.15, 0.2) is 30.6 Å². The number of nitrogens with zero attached hydrogens (tertiary/aromatic N) is 3. The number of rotatable bonds is 2. The van der Waals surface area contributed by atoms with Gasteiger partial charge in [0.25, 0.3) is 0 Å². The number of hydrogen-bond donors (Lipinski definition) is 1. The molecule has 1 aliphatic rings. The Morgan fingerprint density at radius 3 is 2.58 bits per heavy atom. The second-order valence-electron chi connectivity index (χ2n) is 6.51. The van der Waals surface area contributed by atoms with Gasteiger partial charge in [0.05, 0.1) is 10.7 Å². The van der Waals surface area contributed by atoms with Crippen LogP contribution in [0.2, 0.25) is 10.0 Å². The maximum absolute atomic E-state index is 12.6. The van der Waals surface area contributed by atoms with E-state index >= 15 is 0 Å². The van der Waals surface area contributed by atoms with Gasteiger partial charge in [-0.05, 0) is 43.5 Å². The number of carbonyl (C=O) groups is 1. The van der Waals surface area contributed by atoms with Crippen molar-refractivity contribution in [3.8, 4) is 0 Å². The van der Waals surface area contributed by atoms with Crippen molar-refractivity contribution in [2.45, 2.75) is 20.3 Å². The number of halogens is 2. The van der Waals surface area contributed by atoms with Crippen LogP contribution in [0.3, 0.4) is 0 Å². The van der Waals surface area contributed by atoms with Crippen LogP contribution >= 0.6 is 23.2 Å². The van der Waals surface area contributed by atoms with Crippen LogP contribution in [0.1, 0.15) is 17.5 Å². The molecule has 7 heteroatoms. The highest BCUT2D eigenvalue weighted by Crippen LogP contribution is 2.29. The molecule has 0 aliphatic carbocycles. The highest BCUT2D eigenvalue weighted by molar-refractivity contribution is 6.33. The van der Waals surface area contributed by atoms with Gasteiger partial charge in [-0.1, -0.05) is 29.3 Å². The lowest BCUT2D eigenvalue weighted by molar-refractivity contribution is 0.215. The Bertz CT molecular complexity index is 792. The van der Waals surface area contributed by atoms with Gasteiger partial charge < -0.3 is 15.1 Å². The molecular formula is C19H22Cl2N4O. The third-order valence-corrected chi connectivity index (χ3v) is 5.26. The summed E-state index contributed by atoms with van der Waals surface area (Å²) in [5.41, 5.74) is 3.75. The third kappa shape index (κ3) is 4.22. The fraction of sp³-hybridized carbons (Fsp3) is 0.368. The Morgan fingerprint density at radius 2 is 1.85 bits per heavy atom. The van der Waals surface area contributed by atoms with Crippen molar-refractivity contribution in [1.29, 1.82) is 0 Å². The summed E-state index contributed by atoms with van der Waals surface area (Å²) in [6.45, 7) is 6.85. The molecule has 3 rings (SSSR count). The average Bonchev–Trinajstić information content (AvgIpc) is 2.84. The predicted octanol–water partition coefficient (Wildman–Crippen LogP) is 4.75. The molecule has 1 aromatic heterocycles. The minimum atomic E-state index is -0.107. The van der Waals surface area contributed by atoms with Crippen molar-refractivity contribution in [2.75, 3.05) is 36.4 Å². The SMILES string of the molecule is Cc1ccc(NC(=O)N2CCCN(c3c(C)cncc3Cl)CC2)cc1Cl. The van der Waals surface area contributed by atoms with Crippen molar-refractivity contribution in [1.82, 2.24) is 9.88 Å². The lowest BCUT2D eigenvalue weighted by Gasteiger charge is -2.26. The fourth-order valence-corrected chi connectivity index (χ4v) is 3.65. The zero-order valence-electron chi connectivity index (χ0n) is 14.9. The number of urea groups is 1. The first-order valence-corrected chi connectivity index (χ1v) is 9.38. The van der Waals surface area contributed by atoms with E-state index < -0.39 is 0 Å². The number of aryl methyl sites for hydroxylation is 2. The van der Waals surface area contributed by atoms with E-state index in [0.717, 1.165) is 36.3 Å². The van der Waals surface area contributed by atoms with Gasteiger partial charge in [0.15, 0.2) is 0 Å². The molecule has 138 valence electrons. The van der Waals surface area contributed by atoms with Crippen molar-refractivity contribution >= 4 is 40.6 Å².